The van der Waals surface area contributed by atoms with E-state index in [1.54, 1.807) is 0 Å². The van der Waals surface area contributed by atoms with Crippen LogP contribution in [0.4, 0.5) is 0 Å². The highest BCUT2D eigenvalue weighted by Crippen LogP contribution is 2.43. The van der Waals surface area contributed by atoms with Gasteiger partial charge in [0.05, 0.1) is 27.8 Å². The van der Waals surface area contributed by atoms with Gasteiger partial charge in [-0.3, -0.25) is 4.57 Å². The van der Waals surface area contributed by atoms with Gasteiger partial charge >= 0.3 is 0 Å². The standard InChI is InChI=1S/C34H25N3/c1-34-21-10-9-17-30(34)35-31(20-22-34)37-28-16-8-6-14-26(28)32-29(37)19-18-25-24-13-5-7-15-27(24)36(33(25)32)23-11-3-2-4-12-23/h2-21H,22H2,1H3. The molecule has 3 heterocycles. The van der Waals surface area contributed by atoms with Gasteiger partial charge < -0.3 is 4.57 Å². The highest BCUT2D eigenvalue weighted by Gasteiger charge is 2.31. The Bertz CT molecular complexity index is 2010. The number of benzene rings is 4. The van der Waals surface area contributed by atoms with E-state index < -0.39 is 0 Å². The molecule has 8 rings (SSSR count). The van der Waals surface area contributed by atoms with Crippen LogP contribution in [0.1, 0.15) is 13.3 Å². The van der Waals surface area contributed by atoms with Crippen molar-refractivity contribution in [1.82, 2.24) is 9.13 Å². The summed E-state index contributed by atoms with van der Waals surface area (Å²) in [5, 5.41) is 5.05. The maximum atomic E-state index is 5.22. The van der Waals surface area contributed by atoms with Crippen LogP contribution in [0.3, 0.4) is 0 Å². The third-order valence-corrected chi connectivity index (χ3v) is 8.07. The number of hydrogen-bond donors (Lipinski definition) is 0. The summed E-state index contributed by atoms with van der Waals surface area (Å²) in [4.78, 5) is 5.22. The van der Waals surface area contributed by atoms with Crippen molar-refractivity contribution in [1.29, 1.82) is 0 Å². The Morgan fingerprint density at radius 2 is 1.41 bits per heavy atom. The number of rotatable bonds is 2. The maximum absolute atomic E-state index is 5.22. The summed E-state index contributed by atoms with van der Waals surface area (Å²) in [5.74, 6) is 1.00. The van der Waals surface area contributed by atoms with Gasteiger partial charge in [-0.25, -0.2) is 4.99 Å². The van der Waals surface area contributed by atoms with Crippen LogP contribution in [0.2, 0.25) is 0 Å². The predicted octanol–water partition coefficient (Wildman–Crippen LogP) is 8.67. The fourth-order valence-corrected chi connectivity index (χ4v) is 6.24. The molecule has 1 aliphatic heterocycles. The van der Waals surface area contributed by atoms with Gasteiger partial charge in [0.1, 0.15) is 5.82 Å². The van der Waals surface area contributed by atoms with E-state index in [1.165, 1.54) is 49.3 Å². The molecule has 4 aromatic carbocycles. The molecular weight excluding hydrogens is 450 g/mol. The third kappa shape index (κ3) is 2.80. The van der Waals surface area contributed by atoms with Crippen molar-refractivity contribution in [3.63, 3.8) is 0 Å². The minimum Gasteiger partial charge on any atom is -0.309 e. The minimum atomic E-state index is -0.0377. The normalized spacial score (nSPS) is 19.1. The van der Waals surface area contributed by atoms with E-state index >= 15 is 0 Å². The quantitative estimate of drug-likeness (QED) is 0.239. The van der Waals surface area contributed by atoms with Crippen molar-refractivity contribution in [2.45, 2.75) is 13.3 Å². The Balaban J connectivity index is 1.53. The zero-order valence-electron chi connectivity index (χ0n) is 20.6. The first-order valence-corrected chi connectivity index (χ1v) is 12.9. The van der Waals surface area contributed by atoms with Crippen LogP contribution in [-0.4, -0.2) is 14.8 Å². The summed E-state index contributed by atoms with van der Waals surface area (Å²) in [7, 11) is 0. The van der Waals surface area contributed by atoms with Crippen LogP contribution in [0.15, 0.2) is 126 Å². The second-order valence-corrected chi connectivity index (χ2v) is 10.3. The molecule has 37 heavy (non-hydrogen) atoms. The van der Waals surface area contributed by atoms with Gasteiger partial charge in [-0.2, -0.15) is 0 Å². The van der Waals surface area contributed by atoms with Gasteiger partial charge in [0.25, 0.3) is 0 Å². The second kappa shape index (κ2) is 7.44. The third-order valence-electron chi connectivity index (χ3n) is 8.07. The van der Waals surface area contributed by atoms with E-state index in [0.717, 1.165) is 18.0 Å². The highest BCUT2D eigenvalue weighted by atomic mass is 15.1. The van der Waals surface area contributed by atoms with Crippen molar-refractivity contribution in [3.8, 4) is 5.69 Å². The molecule has 1 unspecified atom stereocenters. The number of aliphatic imine (C=N–C) groups is 1. The Morgan fingerprint density at radius 1 is 0.676 bits per heavy atom. The smallest absolute Gasteiger partial charge is 0.133 e. The van der Waals surface area contributed by atoms with E-state index in [4.69, 9.17) is 4.99 Å². The lowest BCUT2D eigenvalue weighted by Crippen LogP contribution is -2.28. The van der Waals surface area contributed by atoms with Crippen LogP contribution in [0.25, 0.3) is 55.1 Å². The van der Waals surface area contributed by atoms with Crippen molar-refractivity contribution >= 4 is 55.1 Å². The Hall–Kier alpha value is -4.63. The van der Waals surface area contributed by atoms with Gasteiger partial charge in [0.2, 0.25) is 0 Å². The van der Waals surface area contributed by atoms with Crippen molar-refractivity contribution in [2.75, 3.05) is 0 Å². The molecule has 0 amide bonds. The zero-order valence-corrected chi connectivity index (χ0v) is 20.6. The molecular formula is C34H25N3. The number of para-hydroxylation sites is 3. The maximum Gasteiger partial charge on any atom is 0.133 e. The summed E-state index contributed by atoms with van der Waals surface area (Å²) < 4.78 is 4.78. The number of nitrogens with zero attached hydrogens (tertiary/aromatic N) is 3. The summed E-state index contributed by atoms with van der Waals surface area (Å²) in [6.07, 6.45) is 11.9. The van der Waals surface area contributed by atoms with E-state index in [9.17, 15) is 0 Å². The lowest BCUT2D eigenvalue weighted by Gasteiger charge is -2.31. The Morgan fingerprint density at radius 3 is 2.24 bits per heavy atom. The van der Waals surface area contributed by atoms with Crippen LogP contribution < -0.4 is 0 Å². The van der Waals surface area contributed by atoms with Crippen molar-refractivity contribution in [3.05, 3.63) is 121 Å². The first-order valence-electron chi connectivity index (χ1n) is 12.9. The van der Waals surface area contributed by atoms with Gasteiger partial charge in [0, 0.05) is 32.6 Å². The molecule has 2 aliphatic rings. The molecule has 0 saturated heterocycles. The lowest BCUT2D eigenvalue weighted by atomic mass is 9.77. The number of fused-ring (bicyclic) bond motifs is 8. The molecule has 3 nitrogen and oxygen atoms in total. The first kappa shape index (κ1) is 20.6. The molecule has 2 aromatic heterocycles. The topological polar surface area (TPSA) is 22.2 Å². The summed E-state index contributed by atoms with van der Waals surface area (Å²) in [5.41, 5.74) is 7.09. The van der Waals surface area contributed by atoms with E-state index in [2.05, 4.69) is 137 Å². The molecule has 0 saturated carbocycles. The molecule has 1 atom stereocenters. The molecule has 0 spiro atoms. The van der Waals surface area contributed by atoms with Crippen LogP contribution in [-0.2, 0) is 0 Å². The van der Waals surface area contributed by atoms with Gasteiger partial charge in [-0.15, -0.1) is 0 Å². The lowest BCUT2D eigenvalue weighted by molar-refractivity contribution is 0.599. The van der Waals surface area contributed by atoms with Crippen LogP contribution >= 0.6 is 0 Å². The van der Waals surface area contributed by atoms with Gasteiger partial charge in [-0.05, 0) is 48.9 Å². The number of hydrogen-bond acceptors (Lipinski definition) is 1. The van der Waals surface area contributed by atoms with E-state index in [-0.39, 0.29) is 5.41 Å². The fourth-order valence-electron chi connectivity index (χ4n) is 6.24. The summed E-state index contributed by atoms with van der Waals surface area (Å²) in [6.45, 7) is 2.27. The minimum absolute atomic E-state index is 0.0377. The molecule has 0 fully saturated rings. The average molecular weight is 476 g/mol. The monoisotopic (exact) mass is 475 g/mol. The molecule has 0 N–H and O–H groups in total. The van der Waals surface area contributed by atoms with Crippen molar-refractivity contribution in [2.24, 2.45) is 10.4 Å². The zero-order chi connectivity index (χ0) is 24.6. The number of allylic oxidation sites excluding steroid dienone is 5. The van der Waals surface area contributed by atoms with Crippen molar-refractivity contribution < 1.29 is 0 Å². The molecule has 6 aromatic rings. The average Bonchev–Trinajstić information content (AvgIpc) is 3.46. The van der Waals surface area contributed by atoms with Crippen LogP contribution in [0.5, 0.6) is 0 Å². The highest BCUT2D eigenvalue weighted by molar-refractivity contribution is 6.26. The van der Waals surface area contributed by atoms with Gasteiger partial charge in [0.15, 0.2) is 0 Å². The predicted molar refractivity (Wildman–Crippen MR) is 156 cm³/mol. The van der Waals surface area contributed by atoms with Gasteiger partial charge in [-0.1, -0.05) is 85.8 Å². The molecule has 1 aliphatic carbocycles. The molecule has 176 valence electrons. The molecule has 0 bridgehead atoms. The van der Waals surface area contributed by atoms with Crippen LogP contribution in [0, 0.1) is 5.41 Å². The first-order chi connectivity index (χ1) is 18.2. The largest absolute Gasteiger partial charge is 0.309 e. The summed E-state index contributed by atoms with van der Waals surface area (Å²) >= 11 is 0. The molecule has 3 heteroatoms. The van der Waals surface area contributed by atoms with E-state index in [1.807, 2.05) is 0 Å². The SMILES string of the molecule is CC12C=CC=CC1=NC(n1c3ccccc3c3c1ccc1c4ccccc4n(-c4ccccc4)c13)=CC2. The summed E-state index contributed by atoms with van der Waals surface area (Å²) in [6, 6.07) is 32.8. The second-order valence-electron chi connectivity index (χ2n) is 10.3. The Kier molecular flexibility index (Phi) is 4.13. The fraction of sp³-hybridized carbons (Fsp3) is 0.0882. The number of aromatic nitrogens is 2. The molecule has 0 radical (unpaired) electrons. The Labute approximate surface area is 215 Å². The van der Waals surface area contributed by atoms with E-state index in [0.29, 0.717) is 0 Å².